The second kappa shape index (κ2) is 19.8. The maximum absolute atomic E-state index is 12.3. The van der Waals surface area contributed by atoms with Gasteiger partial charge in [0.15, 0.2) is 0 Å². The molecule has 0 aromatic heterocycles. The number of unbranched alkanes of at least 4 members (excludes halogenated alkanes) is 13. The van der Waals surface area contributed by atoms with Crippen molar-refractivity contribution >= 4 is 25.3 Å². The summed E-state index contributed by atoms with van der Waals surface area (Å²) in [7, 11) is 0.756. The van der Waals surface area contributed by atoms with Gasteiger partial charge in [-0.25, -0.2) is 4.57 Å². The van der Waals surface area contributed by atoms with Crippen molar-refractivity contribution in [2.24, 2.45) is 0 Å². The van der Waals surface area contributed by atoms with Gasteiger partial charge in [-0.1, -0.05) is 90.4 Å². The highest BCUT2D eigenvalue weighted by Gasteiger charge is 2.35. The Bertz CT molecular complexity index is 585. The number of alkyl halides is 1. The summed E-state index contributed by atoms with van der Waals surface area (Å²) in [5, 5.41) is 10.8. The molecular weight excluding hydrogens is 491 g/mol. The minimum atomic E-state index is -4.66. The van der Waals surface area contributed by atoms with Crippen LogP contribution in [0.5, 0.6) is 0 Å². The molecule has 10 heteroatoms. The molecule has 210 valence electrons. The second-order valence-electron chi connectivity index (χ2n) is 10.6. The van der Waals surface area contributed by atoms with E-state index in [1.54, 1.807) is 26.0 Å². The lowest BCUT2D eigenvalue weighted by molar-refractivity contribution is -0.900. The van der Waals surface area contributed by atoms with E-state index in [9.17, 15) is 14.5 Å². The number of hydrogen-bond donors (Lipinski definition) is 3. The SMILES string of the molecule is CCCCCCCCCCCCCCCCN(CC(O)C(COP(=O)(O)O)[N+](C)(C)C)C(=O)CCl. The third-order valence-corrected chi connectivity index (χ3v) is 7.22. The van der Waals surface area contributed by atoms with Crippen molar-refractivity contribution in [2.75, 3.05) is 46.7 Å². The normalized spacial score (nSPS) is 14.2. The van der Waals surface area contributed by atoms with Gasteiger partial charge in [-0.05, 0) is 6.42 Å². The van der Waals surface area contributed by atoms with Crippen LogP contribution in [0.1, 0.15) is 96.8 Å². The maximum atomic E-state index is 12.3. The smallest absolute Gasteiger partial charge is 0.385 e. The summed E-state index contributed by atoms with van der Waals surface area (Å²) in [6, 6.07) is -0.621. The van der Waals surface area contributed by atoms with Gasteiger partial charge in [-0.3, -0.25) is 9.32 Å². The third-order valence-electron chi connectivity index (χ3n) is 6.51. The number of aliphatic hydroxyl groups is 1. The molecule has 0 saturated heterocycles. The number of nitrogens with zero attached hydrogens (tertiary/aromatic N) is 2. The molecule has 1 amide bonds. The summed E-state index contributed by atoms with van der Waals surface area (Å²) >= 11 is 5.78. The van der Waals surface area contributed by atoms with Gasteiger partial charge in [0.25, 0.3) is 0 Å². The minimum Gasteiger partial charge on any atom is -0.385 e. The molecule has 0 fully saturated rings. The van der Waals surface area contributed by atoms with Crippen molar-refractivity contribution < 1.29 is 33.3 Å². The molecule has 0 aromatic rings. The predicted octanol–water partition coefficient (Wildman–Crippen LogP) is 5.08. The van der Waals surface area contributed by atoms with Crippen LogP contribution in [-0.4, -0.2) is 89.0 Å². The standard InChI is InChI=1S/C25H52ClN2O6P/c1-5-6-7-8-9-10-11-12-13-14-15-16-17-18-19-27(25(30)20-26)21-24(29)23(28(2,3)4)22-34-35(31,32)33/h23-24,29H,5-22H2,1-4H3,(H-,31,32,33)/p+1. The zero-order chi connectivity index (χ0) is 26.7. The molecule has 0 aliphatic rings. The molecule has 0 aromatic carbocycles. The Morgan fingerprint density at radius 3 is 1.69 bits per heavy atom. The first-order chi connectivity index (χ1) is 16.4. The van der Waals surface area contributed by atoms with Crippen molar-refractivity contribution in [1.82, 2.24) is 4.90 Å². The summed E-state index contributed by atoms with van der Waals surface area (Å²) < 4.78 is 16.0. The summed E-state index contributed by atoms with van der Waals surface area (Å²) in [5.41, 5.74) is 0. The average molecular weight is 544 g/mol. The number of amides is 1. The van der Waals surface area contributed by atoms with Crippen LogP contribution >= 0.6 is 19.4 Å². The van der Waals surface area contributed by atoms with Gasteiger partial charge in [0.05, 0.1) is 27.7 Å². The van der Waals surface area contributed by atoms with Crippen molar-refractivity contribution in [3.05, 3.63) is 0 Å². The molecule has 0 radical (unpaired) electrons. The molecule has 0 bridgehead atoms. The molecule has 0 spiro atoms. The lowest BCUT2D eigenvalue weighted by Crippen LogP contribution is -2.57. The third kappa shape index (κ3) is 19.6. The first-order valence-corrected chi connectivity index (χ1v) is 15.5. The Morgan fingerprint density at radius 1 is 0.886 bits per heavy atom. The fourth-order valence-electron chi connectivity index (χ4n) is 4.27. The fourth-order valence-corrected chi connectivity index (χ4v) is 4.79. The molecule has 2 atom stereocenters. The van der Waals surface area contributed by atoms with E-state index in [2.05, 4.69) is 11.4 Å². The molecular formula is C25H53ClN2O6P+. The number of aliphatic hydroxyl groups excluding tert-OH is 1. The van der Waals surface area contributed by atoms with Gasteiger partial charge in [0, 0.05) is 6.54 Å². The summed E-state index contributed by atoms with van der Waals surface area (Å²) in [4.78, 5) is 31.9. The topological polar surface area (TPSA) is 107 Å². The molecule has 0 rings (SSSR count). The zero-order valence-corrected chi connectivity index (χ0v) is 24.3. The molecule has 0 aliphatic carbocycles. The average Bonchev–Trinajstić information content (AvgIpc) is 2.76. The van der Waals surface area contributed by atoms with Crippen LogP contribution < -0.4 is 0 Å². The second-order valence-corrected chi connectivity index (χ2v) is 12.1. The van der Waals surface area contributed by atoms with E-state index in [-0.39, 0.29) is 29.4 Å². The fraction of sp³-hybridized carbons (Fsp3) is 0.960. The van der Waals surface area contributed by atoms with Crippen LogP contribution in [0.15, 0.2) is 0 Å². The van der Waals surface area contributed by atoms with Crippen molar-refractivity contribution in [1.29, 1.82) is 0 Å². The van der Waals surface area contributed by atoms with Gasteiger partial charge in [-0.15, -0.1) is 11.6 Å². The first kappa shape index (κ1) is 34.8. The molecule has 8 nitrogen and oxygen atoms in total. The Hall–Kier alpha value is -0.210. The Morgan fingerprint density at radius 2 is 1.31 bits per heavy atom. The van der Waals surface area contributed by atoms with E-state index in [1.807, 2.05) is 0 Å². The number of rotatable bonds is 23. The summed E-state index contributed by atoms with van der Waals surface area (Å²) in [6.07, 6.45) is 16.5. The molecule has 3 N–H and O–H groups in total. The van der Waals surface area contributed by atoms with Crippen LogP contribution in [0.3, 0.4) is 0 Å². The number of carbonyl (C=O) groups excluding carboxylic acids is 1. The van der Waals surface area contributed by atoms with Crippen LogP contribution in [0.2, 0.25) is 0 Å². The van der Waals surface area contributed by atoms with Crippen LogP contribution in [0.4, 0.5) is 0 Å². The number of quaternary nitrogens is 1. The van der Waals surface area contributed by atoms with Crippen molar-refractivity contribution in [2.45, 2.75) is 109 Å². The number of halogens is 1. The zero-order valence-electron chi connectivity index (χ0n) is 22.7. The molecule has 0 heterocycles. The van der Waals surface area contributed by atoms with E-state index in [4.69, 9.17) is 21.4 Å². The quantitative estimate of drug-likeness (QED) is 0.0718. The van der Waals surface area contributed by atoms with E-state index >= 15 is 0 Å². The first-order valence-electron chi connectivity index (χ1n) is 13.4. The van der Waals surface area contributed by atoms with E-state index < -0.39 is 20.0 Å². The van der Waals surface area contributed by atoms with Crippen LogP contribution in [0, 0.1) is 0 Å². The predicted molar refractivity (Wildman–Crippen MR) is 143 cm³/mol. The minimum absolute atomic E-state index is 0.0503. The number of carbonyl (C=O) groups is 1. The maximum Gasteiger partial charge on any atom is 0.469 e. The molecule has 35 heavy (non-hydrogen) atoms. The lowest BCUT2D eigenvalue weighted by atomic mass is 10.0. The molecule has 0 saturated carbocycles. The Kier molecular flexibility index (Phi) is 19.7. The number of likely N-dealkylation sites (N-methyl/N-ethyl adjacent to an activating group) is 1. The summed E-state index contributed by atoms with van der Waals surface area (Å²) in [6.45, 7) is 2.48. The highest BCUT2D eigenvalue weighted by atomic mass is 35.5. The highest BCUT2D eigenvalue weighted by molar-refractivity contribution is 7.46. The van der Waals surface area contributed by atoms with E-state index in [0.717, 1.165) is 19.3 Å². The number of phosphoric acid groups is 1. The van der Waals surface area contributed by atoms with Crippen molar-refractivity contribution in [3.8, 4) is 0 Å². The molecule has 2 unspecified atom stereocenters. The van der Waals surface area contributed by atoms with Gasteiger partial charge < -0.3 is 24.3 Å². The number of phosphoric ester groups is 1. The number of hydrogen-bond acceptors (Lipinski definition) is 4. The van der Waals surface area contributed by atoms with Gasteiger partial charge in [-0.2, -0.15) is 0 Å². The van der Waals surface area contributed by atoms with Crippen molar-refractivity contribution in [3.63, 3.8) is 0 Å². The van der Waals surface area contributed by atoms with E-state index in [1.165, 1.54) is 70.6 Å². The molecule has 0 aliphatic heterocycles. The van der Waals surface area contributed by atoms with Crippen LogP contribution in [0.25, 0.3) is 0 Å². The lowest BCUT2D eigenvalue weighted by Gasteiger charge is -2.38. The Balaban J connectivity index is 4.25. The monoisotopic (exact) mass is 543 g/mol. The highest BCUT2D eigenvalue weighted by Crippen LogP contribution is 2.36. The van der Waals surface area contributed by atoms with Gasteiger partial charge >= 0.3 is 7.82 Å². The summed E-state index contributed by atoms with van der Waals surface area (Å²) in [5.74, 6) is -0.421. The largest absolute Gasteiger partial charge is 0.469 e. The van der Waals surface area contributed by atoms with Gasteiger partial charge in [0.1, 0.15) is 24.6 Å². The van der Waals surface area contributed by atoms with Crippen LogP contribution in [-0.2, 0) is 13.9 Å². The van der Waals surface area contributed by atoms with E-state index in [0.29, 0.717) is 6.54 Å². The Labute approximate surface area is 219 Å². The van der Waals surface area contributed by atoms with Gasteiger partial charge in [0.2, 0.25) is 5.91 Å².